The Morgan fingerprint density at radius 3 is 2.43 bits per heavy atom. The molecule has 0 aliphatic carbocycles. The van der Waals surface area contributed by atoms with Crippen LogP contribution in [0.1, 0.15) is 28.9 Å². The molecule has 1 N–H and O–H groups in total. The lowest BCUT2D eigenvalue weighted by molar-refractivity contribution is 0.0581. The minimum absolute atomic E-state index is 0.0686. The zero-order valence-electron chi connectivity index (χ0n) is 17.2. The van der Waals surface area contributed by atoms with Gasteiger partial charge in [0.1, 0.15) is 0 Å². The molecule has 6 nitrogen and oxygen atoms in total. The first-order valence-electron chi connectivity index (χ1n) is 10.6. The first-order valence-corrected chi connectivity index (χ1v) is 10.6. The number of nitrogens with one attached hydrogen (secondary N) is 1. The van der Waals surface area contributed by atoms with Crippen LogP contribution >= 0.6 is 0 Å². The van der Waals surface area contributed by atoms with Crippen LogP contribution in [0.4, 0.5) is 10.5 Å². The predicted octanol–water partition coefficient (Wildman–Crippen LogP) is 3.87. The molecule has 2 aliphatic heterocycles. The number of rotatable bonds is 2. The molecule has 0 saturated carbocycles. The van der Waals surface area contributed by atoms with Gasteiger partial charge < -0.3 is 19.7 Å². The topological polar surface area (TPSA) is 57.6 Å². The Morgan fingerprint density at radius 2 is 1.67 bits per heavy atom. The number of anilines is 1. The number of carbonyl (C=O) groups excluding carboxylic acids is 2. The molecule has 5 rings (SSSR count). The molecule has 0 unspecified atom stereocenters. The van der Waals surface area contributed by atoms with Crippen LogP contribution in [0.25, 0.3) is 10.9 Å². The number of likely N-dealkylation sites (tertiary alicyclic amines) is 1. The van der Waals surface area contributed by atoms with E-state index < -0.39 is 0 Å². The standard InChI is InChI=1S/C24H26N4O2/c1-26-20-10-6-5-9-19(20)22-21(26)13-16-28(23(22)29)18-11-14-27(15-12-18)24(30)25-17-7-3-2-4-8-17/h2-10,18H,11-16H2,1H3,(H,25,30). The lowest BCUT2D eigenvalue weighted by atomic mass is 9.97. The number of carbonyl (C=O) groups is 2. The fourth-order valence-electron chi connectivity index (χ4n) is 4.90. The average molecular weight is 402 g/mol. The lowest BCUT2D eigenvalue weighted by Crippen LogP contribution is -2.51. The fraction of sp³-hybridized carbons (Fsp3) is 0.333. The highest BCUT2D eigenvalue weighted by atomic mass is 16.2. The molecular weight excluding hydrogens is 376 g/mol. The maximum Gasteiger partial charge on any atom is 0.321 e. The van der Waals surface area contributed by atoms with Gasteiger partial charge in [-0.15, -0.1) is 0 Å². The van der Waals surface area contributed by atoms with Crippen molar-refractivity contribution in [3.8, 4) is 0 Å². The fourth-order valence-corrected chi connectivity index (χ4v) is 4.90. The Hall–Kier alpha value is -3.28. The summed E-state index contributed by atoms with van der Waals surface area (Å²) in [6.45, 7) is 2.07. The van der Waals surface area contributed by atoms with Gasteiger partial charge in [-0.2, -0.15) is 0 Å². The van der Waals surface area contributed by atoms with E-state index in [1.165, 1.54) is 0 Å². The van der Waals surface area contributed by atoms with Crippen LogP contribution in [0, 0.1) is 0 Å². The third kappa shape index (κ3) is 3.12. The number of urea groups is 1. The van der Waals surface area contributed by atoms with Gasteiger partial charge in [-0.1, -0.05) is 36.4 Å². The number of nitrogens with zero attached hydrogens (tertiary/aromatic N) is 3. The number of piperidine rings is 1. The number of benzene rings is 2. The molecule has 0 radical (unpaired) electrons. The SMILES string of the molecule is Cn1c2c(c3ccccc31)C(=O)N(C1CCN(C(=O)Nc3ccccc3)CC1)CC2. The second kappa shape index (κ2) is 7.52. The van der Waals surface area contributed by atoms with E-state index in [2.05, 4.69) is 16.0 Å². The van der Waals surface area contributed by atoms with E-state index in [9.17, 15) is 9.59 Å². The van der Waals surface area contributed by atoms with Gasteiger partial charge >= 0.3 is 6.03 Å². The zero-order chi connectivity index (χ0) is 20.7. The van der Waals surface area contributed by atoms with Crippen molar-refractivity contribution < 1.29 is 9.59 Å². The van der Waals surface area contributed by atoms with Crippen LogP contribution in [0.15, 0.2) is 54.6 Å². The Balaban J connectivity index is 1.28. The first kappa shape index (κ1) is 18.7. The highest BCUT2D eigenvalue weighted by Gasteiger charge is 2.35. The van der Waals surface area contributed by atoms with E-state index >= 15 is 0 Å². The summed E-state index contributed by atoms with van der Waals surface area (Å²) in [5, 5.41) is 4.00. The van der Waals surface area contributed by atoms with E-state index in [0.29, 0.717) is 13.1 Å². The predicted molar refractivity (Wildman–Crippen MR) is 118 cm³/mol. The summed E-state index contributed by atoms with van der Waals surface area (Å²) < 4.78 is 2.16. The van der Waals surface area contributed by atoms with Crippen LogP contribution in [-0.4, -0.2) is 52.0 Å². The molecule has 1 saturated heterocycles. The minimum atomic E-state index is -0.0686. The number of fused-ring (bicyclic) bond motifs is 3. The highest BCUT2D eigenvalue weighted by molar-refractivity contribution is 6.09. The van der Waals surface area contributed by atoms with Gasteiger partial charge in [0.05, 0.1) is 5.56 Å². The third-order valence-corrected chi connectivity index (χ3v) is 6.51. The second-order valence-corrected chi connectivity index (χ2v) is 8.16. The molecule has 2 aromatic carbocycles. The van der Waals surface area contributed by atoms with Gasteiger partial charge in [0, 0.05) is 61.4 Å². The summed E-state index contributed by atoms with van der Waals surface area (Å²) >= 11 is 0. The van der Waals surface area contributed by atoms with Gasteiger partial charge in [0.2, 0.25) is 0 Å². The monoisotopic (exact) mass is 402 g/mol. The van der Waals surface area contributed by atoms with Crippen molar-refractivity contribution in [2.24, 2.45) is 7.05 Å². The van der Waals surface area contributed by atoms with Crippen LogP contribution in [-0.2, 0) is 13.5 Å². The van der Waals surface area contributed by atoms with E-state index in [4.69, 9.17) is 0 Å². The molecule has 0 bridgehead atoms. The molecular formula is C24H26N4O2. The van der Waals surface area contributed by atoms with Gasteiger partial charge in [-0.3, -0.25) is 4.79 Å². The number of aromatic nitrogens is 1. The zero-order valence-corrected chi connectivity index (χ0v) is 17.2. The van der Waals surface area contributed by atoms with Gasteiger partial charge in [0.25, 0.3) is 5.91 Å². The summed E-state index contributed by atoms with van der Waals surface area (Å²) in [5.41, 5.74) is 3.92. The summed E-state index contributed by atoms with van der Waals surface area (Å²) in [7, 11) is 2.05. The summed E-state index contributed by atoms with van der Waals surface area (Å²) in [6, 6.07) is 17.8. The summed E-state index contributed by atoms with van der Waals surface area (Å²) in [6.07, 6.45) is 2.50. The highest BCUT2D eigenvalue weighted by Crippen LogP contribution is 2.32. The van der Waals surface area contributed by atoms with Crippen molar-refractivity contribution >= 4 is 28.5 Å². The van der Waals surface area contributed by atoms with Crippen LogP contribution < -0.4 is 5.32 Å². The molecule has 30 heavy (non-hydrogen) atoms. The van der Waals surface area contributed by atoms with E-state index in [-0.39, 0.29) is 18.0 Å². The molecule has 1 aromatic heterocycles. The number of aryl methyl sites for hydroxylation is 1. The van der Waals surface area contributed by atoms with Crippen LogP contribution in [0.2, 0.25) is 0 Å². The van der Waals surface area contributed by atoms with Gasteiger partial charge in [-0.05, 0) is 31.0 Å². The average Bonchev–Trinajstić information content (AvgIpc) is 3.08. The van der Waals surface area contributed by atoms with Crippen molar-refractivity contribution in [3.05, 3.63) is 65.9 Å². The van der Waals surface area contributed by atoms with E-state index in [1.807, 2.05) is 65.4 Å². The van der Waals surface area contributed by atoms with Crippen molar-refractivity contribution in [1.82, 2.24) is 14.4 Å². The molecule has 0 atom stereocenters. The Labute approximate surface area is 176 Å². The molecule has 0 spiro atoms. The maximum absolute atomic E-state index is 13.4. The molecule has 3 aromatic rings. The first-order chi connectivity index (χ1) is 14.6. The Bertz CT molecular complexity index is 1100. The lowest BCUT2D eigenvalue weighted by Gasteiger charge is -2.40. The molecule has 6 heteroatoms. The molecule has 3 heterocycles. The summed E-state index contributed by atoms with van der Waals surface area (Å²) in [4.78, 5) is 29.9. The third-order valence-electron chi connectivity index (χ3n) is 6.51. The van der Waals surface area contributed by atoms with Crippen molar-refractivity contribution in [2.45, 2.75) is 25.3 Å². The maximum atomic E-state index is 13.4. The number of para-hydroxylation sites is 2. The smallest absolute Gasteiger partial charge is 0.321 e. The number of hydrogen-bond acceptors (Lipinski definition) is 2. The summed E-state index contributed by atoms with van der Waals surface area (Å²) in [5.74, 6) is 0.139. The Morgan fingerprint density at radius 1 is 0.967 bits per heavy atom. The van der Waals surface area contributed by atoms with Crippen molar-refractivity contribution in [3.63, 3.8) is 0 Å². The van der Waals surface area contributed by atoms with Crippen molar-refractivity contribution in [2.75, 3.05) is 25.0 Å². The number of amides is 3. The quantitative estimate of drug-likeness (QED) is 0.707. The Kier molecular flexibility index (Phi) is 4.69. The van der Waals surface area contributed by atoms with Crippen molar-refractivity contribution in [1.29, 1.82) is 0 Å². The largest absolute Gasteiger partial charge is 0.347 e. The molecule has 2 aliphatic rings. The number of hydrogen-bond donors (Lipinski definition) is 1. The van der Waals surface area contributed by atoms with Crippen LogP contribution in [0.3, 0.4) is 0 Å². The van der Waals surface area contributed by atoms with Gasteiger partial charge in [-0.25, -0.2) is 4.79 Å². The van der Waals surface area contributed by atoms with Crippen LogP contribution in [0.5, 0.6) is 0 Å². The van der Waals surface area contributed by atoms with Gasteiger partial charge in [0.15, 0.2) is 0 Å². The van der Waals surface area contributed by atoms with E-state index in [1.54, 1.807) is 0 Å². The normalized spacial score (nSPS) is 17.3. The minimum Gasteiger partial charge on any atom is -0.347 e. The molecule has 3 amide bonds. The molecule has 154 valence electrons. The molecule has 1 fully saturated rings. The van der Waals surface area contributed by atoms with E-state index in [0.717, 1.165) is 53.7 Å². The second-order valence-electron chi connectivity index (χ2n) is 8.16.